The first-order valence-corrected chi connectivity index (χ1v) is 7.25. The Hall–Kier alpha value is -0.630. The molecule has 0 radical (unpaired) electrons. The van der Waals surface area contributed by atoms with Gasteiger partial charge in [0, 0.05) is 12.8 Å². The Morgan fingerprint density at radius 1 is 1.24 bits per heavy atom. The number of unbranched alkanes of at least 4 members (excludes halogenated alkanes) is 1. The van der Waals surface area contributed by atoms with Crippen molar-refractivity contribution < 1.29 is 4.48 Å². The highest BCUT2D eigenvalue weighted by Gasteiger charge is 2.40. The molecule has 17 heavy (non-hydrogen) atoms. The summed E-state index contributed by atoms with van der Waals surface area (Å²) in [4.78, 5) is 4.63. The van der Waals surface area contributed by atoms with Crippen LogP contribution in [0.1, 0.15) is 60.3 Å². The summed E-state index contributed by atoms with van der Waals surface area (Å²) in [5, 5.41) is 0. The highest BCUT2D eigenvalue weighted by molar-refractivity contribution is 5.76. The molecule has 0 N–H and O–H groups in total. The van der Waals surface area contributed by atoms with Crippen molar-refractivity contribution in [2.75, 3.05) is 13.1 Å². The van der Waals surface area contributed by atoms with E-state index in [1.165, 1.54) is 38.1 Å². The van der Waals surface area contributed by atoms with E-state index in [4.69, 9.17) is 0 Å². The minimum atomic E-state index is 0.665. The molecule has 2 heteroatoms. The van der Waals surface area contributed by atoms with E-state index in [0.29, 0.717) is 5.92 Å². The molecule has 1 aliphatic heterocycles. The zero-order chi connectivity index (χ0) is 12.9. The predicted octanol–water partition coefficient (Wildman–Crippen LogP) is 4.33. The fourth-order valence-electron chi connectivity index (χ4n) is 2.99. The van der Waals surface area contributed by atoms with Crippen molar-refractivity contribution in [1.29, 1.82) is 0 Å². The fourth-order valence-corrected chi connectivity index (χ4v) is 2.99. The van der Waals surface area contributed by atoms with Crippen LogP contribution < -0.4 is 0 Å². The van der Waals surface area contributed by atoms with Crippen LogP contribution in [0.4, 0.5) is 0 Å². The van der Waals surface area contributed by atoms with E-state index in [2.05, 4.69) is 45.8 Å². The minimum Gasteiger partial charge on any atom is -0.249 e. The quantitative estimate of drug-likeness (QED) is 0.584. The number of hydrogen-bond acceptors (Lipinski definition) is 1. The van der Waals surface area contributed by atoms with Crippen molar-refractivity contribution >= 4 is 5.84 Å². The summed E-state index contributed by atoms with van der Waals surface area (Å²) in [6.45, 7) is 13.8. The molecule has 98 valence electrons. The Balaban J connectivity index is 2.89. The van der Waals surface area contributed by atoms with Crippen molar-refractivity contribution in [2.45, 2.75) is 60.3 Å². The zero-order valence-electron chi connectivity index (χ0n) is 12.3. The SMILES string of the molecule is CCCC[N+]1(CC)C(C(C)CCC)=CN=C1C. The second-order valence-corrected chi connectivity index (χ2v) is 5.28. The van der Waals surface area contributed by atoms with Gasteiger partial charge in [-0.15, -0.1) is 0 Å². The Bertz CT molecular complexity index is 304. The number of hydrogen-bond donors (Lipinski definition) is 0. The van der Waals surface area contributed by atoms with Crippen LogP contribution in [0.3, 0.4) is 0 Å². The van der Waals surface area contributed by atoms with Crippen LogP contribution in [-0.4, -0.2) is 23.4 Å². The largest absolute Gasteiger partial charge is 0.249 e. The third-order valence-electron chi connectivity index (χ3n) is 4.16. The second-order valence-electron chi connectivity index (χ2n) is 5.28. The van der Waals surface area contributed by atoms with E-state index in [1.807, 2.05) is 0 Å². The van der Waals surface area contributed by atoms with E-state index < -0.39 is 0 Å². The third-order valence-corrected chi connectivity index (χ3v) is 4.16. The van der Waals surface area contributed by atoms with Crippen molar-refractivity contribution in [3.8, 4) is 0 Å². The third kappa shape index (κ3) is 2.79. The monoisotopic (exact) mass is 237 g/mol. The maximum absolute atomic E-state index is 4.63. The van der Waals surface area contributed by atoms with E-state index in [0.717, 1.165) is 11.0 Å². The number of amidine groups is 1. The first-order valence-electron chi connectivity index (χ1n) is 7.25. The minimum absolute atomic E-state index is 0.665. The molecular weight excluding hydrogens is 208 g/mol. The van der Waals surface area contributed by atoms with E-state index in [-0.39, 0.29) is 0 Å². The molecule has 0 bridgehead atoms. The van der Waals surface area contributed by atoms with Gasteiger partial charge in [-0.05, 0) is 19.8 Å². The van der Waals surface area contributed by atoms with E-state index in [9.17, 15) is 0 Å². The van der Waals surface area contributed by atoms with Gasteiger partial charge in [-0.25, -0.2) is 9.48 Å². The number of allylic oxidation sites excluding steroid dienone is 1. The molecule has 0 saturated carbocycles. The molecule has 0 fully saturated rings. The average molecular weight is 237 g/mol. The van der Waals surface area contributed by atoms with Crippen molar-refractivity contribution in [2.24, 2.45) is 10.9 Å². The molecule has 0 aromatic carbocycles. The molecule has 0 aromatic rings. The molecule has 0 aliphatic carbocycles. The summed E-state index contributed by atoms with van der Waals surface area (Å²) in [6, 6.07) is 0. The summed E-state index contributed by atoms with van der Waals surface area (Å²) >= 11 is 0. The van der Waals surface area contributed by atoms with Gasteiger partial charge in [0.2, 0.25) is 5.84 Å². The van der Waals surface area contributed by atoms with Crippen molar-refractivity contribution in [3.05, 3.63) is 11.9 Å². The highest BCUT2D eigenvalue weighted by atomic mass is 15.4. The predicted molar refractivity (Wildman–Crippen MR) is 75.8 cm³/mol. The Kier molecular flexibility index (Phi) is 5.38. The molecule has 2 nitrogen and oxygen atoms in total. The number of quaternary nitrogens is 1. The topological polar surface area (TPSA) is 12.4 Å². The molecular formula is C15H29N2+. The first-order chi connectivity index (χ1) is 8.12. The van der Waals surface area contributed by atoms with Crippen LogP contribution in [0.25, 0.3) is 0 Å². The molecule has 0 aromatic heterocycles. The molecule has 2 atom stereocenters. The zero-order valence-corrected chi connectivity index (χ0v) is 12.3. The lowest BCUT2D eigenvalue weighted by Crippen LogP contribution is -2.50. The van der Waals surface area contributed by atoms with Gasteiger partial charge in [-0.1, -0.05) is 33.6 Å². The van der Waals surface area contributed by atoms with Crippen LogP contribution in [0.5, 0.6) is 0 Å². The van der Waals surface area contributed by atoms with Gasteiger partial charge in [-0.3, -0.25) is 0 Å². The van der Waals surface area contributed by atoms with Gasteiger partial charge >= 0.3 is 0 Å². The van der Waals surface area contributed by atoms with Crippen LogP contribution in [-0.2, 0) is 0 Å². The van der Waals surface area contributed by atoms with Gasteiger partial charge < -0.3 is 0 Å². The first kappa shape index (κ1) is 14.4. The van der Waals surface area contributed by atoms with Crippen molar-refractivity contribution in [1.82, 2.24) is 0 Å². The maximum Gasteiger partial charge on any atom is 0.204 e. The standard InChI is InChI=1S/C15H29N2/c1-6-9-11-17(8-3)14(5)16-12-15(17)13(4)10-7-2/h12-13H,6-11H2,1-5H3/q+1. The molecule has 1 aliphatic rings. The Morgan fingerprint density at radius 3 is 2.47 bits per heavy atom. The van der Waals surface area contributed by atoms with Gasteiger partial charge in [0.1, 0.15) is 5.70 Å². The lowest BCUT2D eigenvalue weighted by molar-refractivity contribution is -0.803. The smallest absolute Gasteiger partial charge is 0.204 e. The molecule has 0 amide bonds. The lowest BCUT2D eigenvalue weighted by atomic mass is 9.99. The number of nitrogens with zero attached hydrogens (tertiary/aromatic N) is 2. The Labute approximate surface area is 107 Å². The van der Waals surface area contributed by atoms with E-state index in [1.54, 1.807) is 5.70 Å². The summed E-state index contributed by atoms with van der Waals surface area (Å²) in [5.41, 5.74) is 1.54. The summed E-state index contributed by atoms with van der Waals surface area (Å²) in [5.74, 6) is 1.96. The lowest BCUT2D eigenvalue weighted by Gasteiger charge is -2.37. The summed E-state index contributed by atoms with van der Waals surface area (Å²) in [6.07, 6.45) is 7.24. The van der Waals surface area contributed by atoms with Crippen LogP contribution in [0, 0.1) is 5.92 Å². The van der Waals surface area contributed by atoms with Gasteiger partial charge in [0.25, 0.3) is 0 Å². The molecule has 2 unspecified atom stereocenters. The Morgan fingerprint density at radius 2 is 1.94 bits per heavy atom. The van der Waals surface area contributed by atoms with Crippen LogP contribution in [0.2, 0.25) is 0 Å². The number of rotatable bonds is 7. The van der Waals surface area contributed by atoms with Gasteiger partial charge in [-0.2, -0.15) is 0 Å². The average Bonchev–Trinajstić information content (AvgIpc) is 2.65. The molecule has 1 rings (SSSR count). The van der Waals surface area contributed by atoms with Crippen LogP contribution >= 0.6 is 0 Å². The normalized spacial score (nSPS) is 25.7. The summed E-state index contributed by atoms with van der Waals surface area (Å²) in [7, 11) is 0. The summed E-state index contributed by atoms with van der Waals surface area (Å²) < 4.78 is 1.04. The molecule has 0 saturated heterocycles. The molecule has 1 heterocycles. The maximum atomic E-state index is 4.63. The van der Waals surface area contributed by atoms with Crippen LogP contribution in [0.15, 0.2) is 16.9 Å². The van der Waals surface area contributed by atoms with Gasteiger partial charge in [0.05, 0.1) is 19.3 Å². The fraction of sp³-hybridized carbons (Fsp3) is 0.800. The number of aliphatic imine (C=N–C) groups is 1. The van der Waals surface area contributed by atoms with Gasteiger partial charge in [0.15, 0.2) is 0 Å². The van der Waals surface area contributed by atoms with Crippen molar-refractivity contribution in [3.63, 3.8) is 0 Å². The second kappa shape index (κ2) is 6.34. The highest BCUT2D eigenvalue weighted by Crippen LogP contribution is 2.33. The molecule has 0 spiro atoms. The van der Waals surface area contributed by atoms with E-state index >= 15 is 0 Å².